The average molecular weight is 456 g/mol. The number of para-hydroxylation sites is 2. The molecule has 1 amide bonds. The zero-order valence-corrected chi connectivity index (χ0v) is 19.6. The topological polar surface area (TPSA) is 67.5 Å². The summed E-state index contributed by atoms with van der Waals surface area (Å²) in [6.45, 7) is 5.57. The van der Waals surface area contributed by atoms with Gasteiger partial charge in [-0.25, -0.2) is 0 Å². The Morgan fingerprint density at radius 2 is 1.91 bits per heavy atom. The van der Waals surface area contributed by atoms with Gasteiger partial charge in [0.15, 0.2) is 11.5 Å². The standard InChI is InChI=1S/C28H29N3O3/c1-3-33-24-13-7-9-19(28(24)34-4-2)17-25(32)31-16-14-22-21-11-5-6-12-23(21)30-26(22)27(31)20-10-8-15-29-18-20/h5-13,15,18,27,30H,3-4,14,16-17H2,1-2H3/t27-/m1/s1. The molecule has 4 aromatic rings. The molecule has 174 valence electrons. The van der Waals surface area contributed by atoms with Crippen LogP contribution < -0.4 is 9.47 Å². The number of aromatic amines is 1. The van der Waals surface area contributed by atoms with Crippen LogP contribution in [-0.2, 0) is 17.6 Å². The highest BCUT2D eigenvalue weighted by molar-refractivity contribution is 5.87. The summed E-state index contributed by atoms with van der Waals surface area (Å²) in [5.41, 5.74) is 5.28. The second kappa shape index (κ2) is 9.59. The highest BCUT2D eigenvalue weighted by Crippen LogP contribution is 2.39. The van der Waals surface area contributed by atoms with E-state index < -0.39 is 0 Å². The van der Waals surface area contributed by atoms with Crippen molar-refractivity contribution in [1.29, 1.82) is 0 Å². The lowest BCUT2D eigenvalue weighted by Gasteiger charge is -2.36. The van der Waals surface area contributed by atoms with Crippen LogP contribution in [-0.4, -0.2) is 40.5 Å². The predicted octanol–water partition coefficient (Wildman–Crippen LogP) is 5.08. The normalized spacial score (nSPS) is 15.2. The Labute approximate surface area is 199 Å². The molecule has 3 heterocycles. The second-order valence-electron chi connectivity index (χ2n) is 8.38. The Bertz CT molecular complexity index is 1300. The van der Waals surface area contributed by atoms with Crippen LogP contribution in [0.5, 0.6) is 11.5 Å². The first-order valence-electron chi connectivity index (χ1n) is 11.9. The Balaban J connectivity index is 1.53. The molecule has 5 rings (SSSR count). The van der Waals surface area contributed by atoms with E-state index in [1.165, 1.54) is 10.9 Å². The summed E-state index contributed by atoms with van der Waals surface area (Å²) in [6.07, 6.45) is 4.66. The number of ether oxygens (including phenoxy) is 2. The number of carbonyl (C=O) groups excluding carboxylic acids is 1. The van der Waals surface area contributed by atoms with Gasteiger partial charge in [-0.3, -0.25) is 9.78 Å². The van der Waals surface area contributed by atoms with Gasteiger partial charge in [-0.2, -0.15) is 0 Å². The van der Waals surface area contributed by atoms with Crippen molar-refractivity contribution in [2.24, 2.45) is 0 Å². The van der Waals surface area contributed by atoms with Crippen molar-refractivity contribution in [3.05, 3.63) is 89.4 Å². The van der Waals surface area contributed by atoms with Crippen LogP contribution in [0.2, 0.25) is 0 Å². The Hall–Kier alpha value is -3.80. The van der Waals surface area contributed by atoms with Crippen molar-refractivity contribution in [3.63, 3.8) is 0 Å². The molecule has 1 N–H and O–H groups in total. The van der Waals surface area contributed by atoms with Gasteiger partial charge >= 0.3 is 0 Å². The third kappa shape index (κ3) is 4.00. The third-order valence-electron chi connectivity index (χ3n) is 6.35. The number of H-pyrrole nitrogens is 1. The Morgan fingerprint density at radius 3 is 2.71 bits per heavy atom. The summed E-state index contributed by atoms with van der Waals surface area (Å²) in [5.74, 6) is 1.38. The maximum Gasteiger partial charge on any atom is 0.227 e. The minimum Gasteiger partial charge on any atom is -0.490 e. The lowest BCUT2D eigenvalue weighted by Crippen LogP contribution is -2.41. The Kier molecular flexibility index (Phi) is 6.21. The van der Waals surface area contributed by atoms with Crippen LogP contribution in [0.4, 0.5) is 0 Å². The predicted molar refractivity (Wildman–Crippen MR) is 132 cm³/mol. The fraction of sp³-hybridized carbons (Fsp3) is 0.286. The van der Waals surface area contributed by atoms with Crippen molar-refractivity contribution < 1.29 is 14.3 Å². The monoisotopic (exact) mass is 455 g/mol. The van der Waals surface area contributed by atoms with Gasteiger partial charge in [-0.05, 0) is 49.6 Å². The van der Waals surface area contributed by atoms with E-state index in [0.717, 1.165) is 28.8 Å². The number of hydrogen-bond donors (Lipinski definition) is 1. The van der Waals surface area contributed by atoms with Crippen LogP contribution in [0.15, 0.2) is 67.0 Å². The van der Waals surface area contributed by atoms with E-state index in [9.17, 15) is 4.79 Å². The molecule has 0 spiro atoms. The molecule has 0 radical (unpaired) electrons. The maximum absolute atomic E-state index is 13.8. The molecule has 0 saturated heterocycles. The van der Waals surface area contributed by atoms with Gasteiger partial charge in [-0.15, -0.1) is 0 Å². The van der Waals surface area contributed by atoms with Gasteiger partial charge < -0.3 is 19.4 Å². The summed E-state index contributed by atoms with van der Waals surface area (Å²) in [7, 11) is 0. The number of fused-ring (bicyclic) bond motifs is 3. The third-order valence-corrected chi connectivity index (χ3v) is 6.35. The van der Waals surface area contributed by atoms with Crippen molar-refractivity contribution in [1.82, 2.24) is 14.9 Å². The number of aromatic nitrogens is 2. The van der Waals surface area contributed by atoms with Crippen LogP contribution in [0.25, 0.3) is 10.9 Å². The summed E-state index contributed by atoms with van der Waals surface area (Å²) >= 11 is 0. The van der Waals surface area contributed by atoms with Gasteiger partial charge in [-0.1, -0.05) is 36.4 Å². The molecule has 6 heteroatoms. The number of rotatable bonds is 7. The number of pyridine rings is 1. The zero-order valence-electron chi connectivity index (χ0n) is 19.6. The zero-order chi connectivity index (χ0) is 23.5. The van der Waals surface area contributed by atoms with Crippen LogP contribution in [0.1, 0.15) is 42.3 Å². The Morgan fingerprint density at radius 1 is 1.06 bits per heavy atom. The first-order chi connectivity index (χ1) is 16.7. The lowest BCUT2D eigenvalue weighted by atomic mass is 9.92. The number of nitrogens with one attached hydrogen (secondary N) is 1. The molecule has 2 aromatic heterocycles. The number of hydrogen-bond acceptors (Lipinski definition) is 4. The van der Waals surface area contributed by atoms with Crippen LogP contribution in [0.3, 0.4) is 0 Å². The molecule has 2 aromatic carbocycles. The quantitative estimate of drug-likeness (QED) is 0.422. The van der Waals surface area contributed by atoms with Crippen molar-refractivity contribution in [2.45, 2.75) is 32.7 Å². The van der Waals surface area contributed by atoms with E-state index in [4.69, 9.17) is 9.47 Å². The number of carbonyl (C=O) groups is 1. The molecule has 0 fully saturated rings. The molecular formula is C28H29N3O3. The van der Waals surface area contributed by atoms with Crippen LogP contribution in [0, 0.1) is 0 Å². The van der Waals surface area contributed by atoms with E-state index in [-0.39, 0.29) is 18.4 Å². The van der Waals surface area contributed by atoms with E-state index in [1.54, 1.807) is 6.20 Å². The molecule has 0 unspecified atom stereocenters. The first kappa shape index (κ1) is 22.0. The number of amides is 1. The maximum atomic E-state index is 13.8. The van der Waals surface area contributed by atoms with Crippen molar-refractivity contribution in [2.75, 3.05) is 19.8 Å². The summed E-state index contributed by atoms with van der Waals surface area (Å²) in [4.78, 5) is 23.7. The fourth-order valence-electron chi connectivity index (χ4n) is 4.94. The van der Waals surface area contributed by atoms with E-state index in [1.807, 2.05) is 61.3 Å². The van der Waals surface area contributed by atoms with Crippen molar-refractivity contribution >= 4 is 16.8 Å². The second-order valence-corrected chi connectivity index (χ2v) is 8.38. The van der Waals surface area contributed by atoms with Crippen molar-refractivity contribution in [3.8, 4) is 11.5 Å². The van der Waals surface area contributed by atoms with Crippen LogP contribution >= 0.6 is 0 Å². The highest BCUT2D eigenvalue weighted by Gasteiger charge is 2.35. The SMILES string of the molecule is CCOc1cccc(CC(=O)N2CCc3c([nH]c4ccccc34)[C@H]2c2cccnc2)c1OCC. The summed E-state index contributed by atoms with van der Waals surface area (Å²) < 4.78 is 11.7. The molecular weight excluding hydrogens is 426 g/mol. The highest BCUT2D eigenvalue weighted by atomic mass is 16.5. The minimum absolute atomic E-state index is 0.0489. The minimum atomic E-state index is -0.219. The number of benzene rings is 2. The van der Waals surface area contributed by atoms with E-state index in [2.05, 4.69) is 28.2 Å². The molecule has 0 saturated carbocycles. The number of nitrogens with zero attached hydrogens (tertiary/aromatic N) is 2. The van der Waals surface area contributed by atoms with Gasteiger partial charge in [0.2, 0.25) is 5.91 Å². The first-order valence-corrected chi connectivity index (χ1v) is 11.9. The molecule has 1 aliphatic heterocycles. The molecule has 1 atom stereocenters. The average Bonchev–Trinajstić information content (AvgIpc) is 3.25. The van der Waals surface area contributed by atoms with Gasteiger partial charge in [0, 0.05) is 41.1 Å². The van der Waals surface area contributed by atoms with E-state index >= 15 is 0 Å². The van der Waals surface area contributed by atoms with Gasteiger partial charge in [0.25, 0.3) is 0 Å². The lowest BCUT2D eigenvalue weighted by molar-refractivity contribution is -0.132. The molecule has 6 nitrogen and oxygen atoms in total. The smallest absolute Gasteiger partial charge is 0.227 e. The largest absolute Gasteiger partial charge is 0.490 e. The van der Waals surface area contributed by atoms with Gasteiger partial charge in [0.1, 0.15) is 0 Å². The molecule has 1 aliphatic rings. The molecule has 0 aliphatic carbocycles. The summed E-state index contributed by atoms with van der Waals surface area (Å²) in [5, 5.41) is 1.22. The van der Waals surface area contributed by atoms with E-state index in [0.29, 0.717) is 31.3 Å². The van der Waals surface area contributed by atoms with Gasteiger partial charge in [0.05, 0.1) is 25.7 Å². The summed E-state index contributed by atoms with van der Waals surface area (Å²) in [6, 6.07) is 17.8. The fourth-order valence-corrected chi connectivity index (χ4v) is 4.94. The molecule has 0 bridgehead atoms. The molecule has 34 heavy (non-hydrogen) atoms.